The van der Waals surface area contributed by atoms with Crippen molar-refractivity contribution in [3.05, 3.63) is 59.2 Å². The molecule has 0 amide bonds. The summed E-state index contributed by atoms with van der Waals surface area (Å²) in [6.07, 6.45) is 9.32. The Morgan fingerprint density at radius 2 is 2.16 bits per heavy atom. The number of likely N-dealkylation sites (N-methyl/N-ethyl adjacent to an activating group) is 1. The van der Waals surface area contributed by atoms with Gasteiger partial charge in [-0.05, 0) is 51.8 Å². The number of hydrogen-bond acceptors (Lipinski definition) is 10. The van der Waals surface area contributed by atoms with E-state index in [1.807, 2.05) is 13.1 Å². The molecular formula is C26H43N7O4. The van der Waals surface area contributed by atoms with Gasteiger partial charge in [0, 0.05) is 32.8 Å². The van der Waals surface area contributed by atoms with E-state index in [1.54, 1.807) is 14.0 Å². The highest BCUT2D eigenvalue weighted by molar-refractivity contribution is 5.96. The number of aldehydes is 1. The summed E-state index contributed by atoms with van der Waals surface area (Å²) in [5, 5.41) is 17.4. The Morgan fingerprint density at radius 1 is 1.41 bits per heavy atom. The Balaban J connectivity index is 0.000000422. The van der Waals surface area contributed by atoms with E-state index in [1.165, 1.54) is 22.3 Å². The zero-order chi connectivity index (χ0) is 27.6. The number of methoxy groups -OCH3 is 1. The minimum Gasteiger partial charge on any atom is -0.396 e. The fourth-order valence-corrected chi connectivity index (χ4v) is 3.37. The summed E-state index contributed by atoms with van der Waals surface area (Å²) in [7, 11) is 3.65. The predicted molar refractivity (Wildman–Crippen MR) is 146 cm³/mol. The maximum absolute atomic E-state index is 10.8. The molecule has 2 atom stereocenters. The summed E-state index contributed by atoms with van der Waals surface area (Å²) in [6.45, 7) is 10.2. The number of aromatic nitrogens is 2. The van der Waals surface area contributed by atoms with Crippen LogP contribution in [0.1, 0.15) is 48.2 Å². The number of hydrazone groups is 1. The monoisotopic (exact) mass is 517 g/mol. The lowest BCUT2D eigenvalue weighted by Crippen LogP contribution is -2.40. The maximum atomic E-state index is 10.8. The van der Waals surface area contributed by atoms with Gasteiger partial charge in [-0.2, -0.15) is 0 Å². The number of carbonyl (C=O) groups is 1. The number of nitrogens with two attached hydrogens (primary N) is 2. The van der Waals surface area contributed by atoms with Gasteiger partial charge in [-0.1, -0.05) is 30.4 Å². The van der Waals surface area contributed by atoms with E-state index in [-0.39, 0.29) is 30.2 Å². The number of aryl methyl sites for hydroxylation is 1. The third-order valence-corrected chi connectivity index (χ3v) is 5.52. The van der Waals surface area contributed by atoms with Crippen LogP contribution in [0.5, 0.6) is 0 Å². The number of nitrogens with one attached hydrogen (secondary N) is 1. The molecule has 206 valence electrons. The quantitative estimate of drug-likeness (QED) is 0.0753. The van der Waals surface area contributed by atoms with E-state index in [0.717, 1.165) is 32.4 Å². The molecule has 1 aromatic heterocycles. The highest BCUT2D eigenvalue weighted by Crippen LogP contribution is 2.18. The van der Waals surface area contributed by atoms with Crippen LogP contribution in [0.3, 0.4) is 0 Å². The number of aliphatic hydroxyl groups is 1. The lowest BCUT2D eigenvalue weighted by Gasteiger charge is -2.29. The van der Waals surface area contributed by atoms with Crippen molar-refractivity contribution in [1.82, 2.24) is 20.4 Å². The first-order chi connectivity index (χ1) is 17.8. The van der Waals surface area contributed by atoms with Gasteiger partial charge in [0.15, 0.2) is 12.1 Å². The van der Waals surface area contributed by atoms with Gasteiger partial charge in [-0.3, -0.25) is 4.79 Å². The fraction of sp³-hybridized carbons (Fsp3) is 0.538. The van der Waals surface area contributed by atoms with Crippen molar-refractivity contribution in [3.63, 3.8) is 0 Å². The van der Waals surface area contributed by atoms with E-state index >= 15 is 0 Å². The van der Waals surface area contributed by atoms with Crippen LogP contribution in [0.2, 0.25) is 0 Å². The standard InChI is InChI=1S/C14H22N6O3.C12H21NO/c1-9-17-11(7-22)4-13(18-9)14(15)19-20(16)5-12-3-2-10(6-21)8-23-12;1-5-12(10-13-3)7-6-11(2)8-9-14-4/h4,7,10,12,21H,2-3,5-6,8,16H2,1H3,(H2,15,19);5-7,13H,1,8-10H2,2-4H3/b;11-6-,12-7+/t10-,12+;/m1./s1. The minimum absolute atomic E-state index is 0.0583. The second-order valence-electron chi connectivity index (χ2n) is 8.76. The number of allylic oxidation sites excluding steroid dienone is 2. The summed E-state index contributed by atoms with van der Waals surface area (Å²) in [5.41, 5.74) is 8.99. The SMILES string of the molecule is C=C/C(=C\C=C(\C)CCOC)CNC.Cc1nc(C=O)cc(/C(N)=N/N(N)C[C@@H]2CC[C@H](CO)CO2)n1. The Labute approximate surface area is 220 Å². The predicted octanol–water partition coefficient (Wildman–Crippen LogP) is 1.48. The smallest absolute Gasteiger partial charge is 0.171 e. The third kappa shape index (κ3) is 13.2. The van der Waals surface area contributed by atoms with Crippen LogP contribution in [-0.2, 0) is 9.47 Å². The Morgan fingerprint density at radius 3 is 2.73 bits per heavy atom. The van der Waals surface area contributed by atoms with Gasteiger partial charge in [-0.25, -0.2) is 20.9 Å². The van der Waals surface area contributed by atoms with Crippen LogP contribution >= 0.6 is 0 Å². The van der Waals surface area contributed by atoms with Crippen LogP contribution < -0.4 is 16.9 Å². The van der Waals surface area contributed by atoms with E-state index in [9.17, 15) is 4.79 Å². The van der Waals surface area contributed by atoms with Crippen molar-refractivity contribution in [2.45, 2.75) is 39.2 Å². The normalized spacial score (nSPS) is 18.6. The summed E-state index contributed by atoms with van der Waals surface area (Å²) in [5.74, 6) is 6.56. The van der Waals surface area contributed by atoms with E-state index in [0.29, 0.717) is 31.0 Å². The highest BCUT2D eigenvalue weighted by Gasteiger charge is 2.22. The summed E-state index contributed by atoms with van der Waals surface area (Å²) in [6, 6.07) is 1.45. The van der Waals surface area contributed by atoms with Crippen LogP contribution in [0.4, 0.5) is 0 Å². The number of nitrogens with zero attached hydrogens (tertiary/aromatic N) is 4. The van der Waals surface area contributed by atoms with Gasteiger partial charge in [0.2, 0.25) is 0 Å². The van der Waals surface area contributed by atoms with Gasteiger partial charge in [0.05, 0.1) is 19.3 Å². The number of rotatable bonds is 13. The minimum atomic E-state index is -0.0583. The summed E-state index contributed by atoms with van der Waals surface area (Å²) >= 11 is 0. The number of carbonyl (C=O) groups excluding carboxylic acids is 1. The van der Waals surface area contributed by atoms with Crippen molar-refractivity contribution in [2.75, 3.05) is 47.1 Å². The number of hydrazine groups is 1. The maximum Gasteiger partial charge on any atom is 0.171 e. The van der Waals surface area contributed by atoms with Crippen molar-refractivity contribution in [1.29, 1.82) is 0 Å². The molecule has 2 rings (SSSR count). The van der Waals surface area contributed by atoms with Gasteiger partial charge < -0.3 is 25.6 Å². The molecule has 6 N–H and O–H groups in total. The molecule has 0 aromatic carbocycles. The molecule has 0 aliphatic carbocycles. The third-order valence-electron chi connectivity index (χ3n) is 5.52. The molecule has 0 bridgehead atoms. The first-order valence-corrected chi connectivity index (χ1v) is 12.3. The lowest BCUT2D eigenvalue weighted by atomic mass is 9.99. The van der Waals surface area contributed by atoms with E-state index < -0.39 is 0 Å². The van der Waals surface area contributed by atoms with E-state index in [2.05, 4.69) is 46.0 Å². The topological polar surface area (TPSA) is 161 Å². The molecule has 1 saturated heterocycles. The first kappa shape index (κ1) is 32.1. The fourth-order valence-electron chi connectivity index (χ4n) is 3.37. The number of aliphatic hydroxyl groups excluding tert-OH is 1. The summed E-state index contributed by atoms with van der Waals surface area (Å²) in [4.78, 5) is 18.9. The second kappa shape index (κ2) is 18.3. The van der Waals surface area contributed by atoms with Crippen molar-refractivity contribution >= 4 is 12.1 Å². The zero-order valence-corrected chi connectivity index (χ0v) is 22.5. The van der Waals surface area contributed by atoms with E-state index in [4.69, 9.17) is 26.2 Å². The van der Waals surface area contributed by atoms with Crippen LogP contribution in [0.15, 0.2) is 47.1 Å². The lowest BCUT2D eigenvalue weighted by molar-refractivity contribution is -0.0440. The molecule has 1 fully saturated rings. The highest BCUT2D eigenvalue weighted by atomic mass is 16.5. The van der Waals surface area contributed by atoms with Crippen LogP contribution in [0, 0.1) is 12.8 Å². The van der Waals surface area contributed by atoms with Gasteiger partial charge in [-0.15, -0.1) is 5.10 Å². The molecule has 37 heavy (non-hydrogen) atoms. The summed E-state index contributed by atoms with van der Waals surface area (Å²) < 4.78 is 10.6. The molecule has 0 spiro atoms. The first-order valence-electron chi connectivity index (χ1n) is 12.3. The van der Waals surface area contributed by atoms with Crippen LogP contribution in [-0.4, -0.2) is 85.5 Å². The number of hydrogen-bond donors (Lipinski definition) is 4. The van der Waals surface area contributed by atoms with Gasteiger partial charge >= 0.3 is 0 Å². The van der Waals surface area contributed by atoms with Crippen LogP contribution in [0.25, 0.3) is 0 Å². The molecule has 0 radical (unpaired) electrons. The Kier molecular flexibility index (Phi) is 15.9. The number of amidine groups is 1. The molecule has 11 heteroatoms. The molecule has 11 nitrogen and oxygen atoms in total. The molecule has 1 aromatic rings. The number of ether oxygens (including phenoxy) is 2. The van der Waals surface area contributed by atoms with Gasteiger partial charge in [0.25, 0.3) is 0 Å². The Hall–Kier alpha value is -2.96. The Bertz CT molecular complexity index is 926. The van der Waals surface area contributed by atoms with Crippen molar-refractivity contribution in [2.24, 2.45) is 22.6 Å². The molecule has 1 aliphatic heterocycles. The second-order valence-corrected chi connectivity index (χ2v) is 8.76. The van der Waals surface area contributed by atoms with Crippen molar-refractivity contribution in [3.8, 4) is 0 Å². The molecule has 0 unspecified atom stereocenters. The molecule has 2 heterocycles. The van der Waals surface area contributed by atoms with Gasteiger partial charge in [0.1, 0.15) is 17.2 Å². The molecular weight excluding hydrogens is 474 g/mol. The molecule has 1 aliphatic rings. The molecule has 0 saturated carbocycles. The average molecular weight is 518 g/mol. The van der Waals surface area contributed by atoms with Crippen molar-refractivity contribution < 1.29 is 19.4 Å². The average Bonchev–Trinajstić information content (AvgIpc) is 2.90. The zero-order valence-electron chi connectivity index (χ0n) is 22.5. The largest absolute Gasteiger partial charge is 0.396 e.